The topological polar surface area (TPSA) is 24.5 Å². The minimum atomic E-state index is 0.114. The van der Waals surface area contributed by atoms with E-state index in [2.05, 4.69) is 63.0 Å². The first-order chi connectivity index (χ1) is 9.39. The van der Waals surface area contributed by atoms with E-state index in [9.17, 15) is 0 Å². The van der Waals surface area contributed by atoms with E-state index in [0.717, 1.165) is 26.2 Å². The van der Waals surface area contributed by atoms with Crippen molar-refractivity contribution in [3.63, 3.8) is 0 Å². The molecule has 2 rings (SSSR count). The molecule has 0 amide bonds. The van der Waals surface area contributed by atoms with Crippen LogP contribution in [0.2, 0.25) is 0 Å². The second-order valence-electron chi connectivity index (χ2n) is 6.66. The number of nitrogens with one attached hydrogen (secondary N) is 1. The lowest BCUT2D eigenvalue weighted by molar-refractivity contribution is 0.0836. The quantitative estimate of drug-likeness (QED) is 0.914. The van der Waals surface area contributed by atoms with Crippen LogP contribution in [-0.4, -0.2) is 31.3 Å². The molecule has 0 saturated heterocycles. The van der Waals surface area contributed by atoms with Crippen LogP contribution in [-0.2, 0) is 11.3 Å². The molecule has 0 radical (unpaired) electrons. The normalized spacial score (nSPS) is 18.0. The van der Waals surface area contributed by atoms with Gasteiger partial charge in [0, 0.05) is 30.9 Å². The van der Waals surface area contributed by atoms with Crippen molar-refractivity contribution in [2.45, 2.75) is 52.8 Å². The zero-order valence-electron chi connectivity index (χ0n) is 13.5. The number of anilines is 1. The Labute approximate surface area is 123 Å². The zero-order chi connectivity index (χ0) is 14.8. The van der Waals surface area contributed by atoms with E-state index in [-0.39, 0.29) is 5.54 Å². The lowest BCUT2D eigenvalue weighted by Crippen LogP contribution is -2.47. The fourth-order valence-corrected chi connectivity index (χ4v) is 2.85. The first-order valence-electron chi connectivity index (χ1n) is 7.59. The first kappa shape index (κ1) is 15.3. The number of hydrogen-bond acceptors (Lipinski definition) is 3. The number of fused-ring (bicyclic) bond motifs is 1. The highest BCUT2D eigenvalue weighted by Crippen LogP contribution is 2.29. The van der Waals surface area contributed by atoms with E-state index in [1.165, 1.54) is 16.8 Å². The molecule has 0 fully saturated rings. The fraction of sp³-hybridized carbons (Fsp3) is 0.647. The third kappa shape index (κ3) is 3.74. The fourth-order valence-electron chi connectivity index (χ4n) is 2.85. The Morgan fingerprint density at radius 1 is 1.35 bits per heavy atom. The van der Waals surface area contributed by atoms with E-state index < -0.39 is 0 Å². The maximum atomic E-state index is 5.75. The molecule has 0 aromatic heterocycles. The van der Waals surface area contributed by atoms with E-state index in [1.807, 2.05) is 0 Å². The SMILES string of the molecule is Cc1cccc2c1N(CCOC(C)C)CC(C)(C)NC2. The van der Waals surface area contributed by atoms with Crippen LogP contribution in [0.15, 0.2) is 18.2 Å². The molecular formula is C17H28N2O. The number of aryl methyl sites for hydroxylation is 1. The molecule has 1 aromatic carbocycles. The standard InChI is InChI=1S/C17H28N2O/c1-13(2)20-10-9-19-12-17(4,5)18-11-15-8-6-7-14(3)16(15)19/h6-8,13,18H,9-12H2,1-5H3. The Morgan fingerprint density at radius 3 is 2.80 bits per heavy atom. The van der Waals surface area contributed by atoms with Crippen molar-refractivity contribution in [3.8, 4) is 0 Å². The van der Waals surface area contributed by atoms with Crippen LogP contribution < -0.4 is 10.2 Å². The number of hydrogen-bond donors (Lipinski definition) is 1. The summed E-state index contributed by atoms with van der Waals surface area (Å²) in [5.74, 6) is 0. The Kier molecular flexibility index (Phi) is 4.71. The van der Waals surface area contributed by atoms with Crippen molar-refractivity contribution in [1.29, 1.82) is 0 Å². The molecule has 1 heterocycles. The zero-order valence-corrected chi connectivity index (χ0v) is 13.5. The first-order valence-corrected chi connectivity index (χ1v) is 7.59. The predicted octanol–water partition coefficient (Wildman–Crippen LogP) is 3.11. The molecule has 1 N–H and O–H groups in total. The molecule has 1 aliphatic rings. The Morgan fingerprint density at radius 2 is 2.10 bits per heavy atom. The molecule has 0 spiro atoms. The minimum absolute atomic E-state index is 0.114. The van der Waals surface area contributed by atoms with Gasteiger partial charge >= 0.3 is 0 Å². The summed E-state index contributed by atoms with van der Waals surface area (Å²) in [6, 6.07) is 6.58. The molecule has 3 nitrogen and oxygen atoms in total. The largest absolute Gasteiger partial charge is 0.377 e. The summed E-state index contributed by atoms with van der Waals surface area (Å²) >= 11 is 0. The number of para-hydroxylation sites is 1. The van der Waals surface area contributed by atoms with Gasteiger partial charge in [-0.05, 0) is 45.7 Å². The van der Waals surface area contributed by atoms with Gasteiger partial charge in [0.2, 0.25) is 0 Å². The van der Waals surface area contributed by atoms with Crippen LogP contribution >= 0.6 is 0 Å². The van der Waals surface area contributed by atoms with Gasteiger partial charge in [-0.2, -0.15) is 0 Å². The third-order valence-corrected chi connectivity index (χ3v) is 3.79. The average Bonchev–Trinajstić information content (AvgIpc) is 2.47. The van der Waals surface area contributed by atoms with Gasteiger partial charge in [0.05, 0.1) is 12.7 Å². The second-order valence-corrected chi connectivity index (χ2v) is 6.66. The summed E-state index contributed by atoms with van der Waals surface area (Å²) in [6.07, 6.45) is 0.296. The Hall–Kier alpha value is -1.06. The van der Waals surface area contributed by atoms with Gasteiger partial charge in [0.15, 0.2) is 0 Å². The molecule has 0 unspecified atom stereocenters. The molecule has 3 heteroatoms. The van der Waals surface area contributed by atoms with Crippen LogP contribution in [0, 0.1) is 6.92 Å². The van der Waals surface area contributed by atoms with Crippen LogP contribution in [0.4, 0.5) is 5.69 Å². The third-order valence-electron chi connectivity index (χ3n) is 3.79. The molecule has 1 aliphatic heterocycles. The predicted molar refractivity (Wildman–Crippen MR) is 85.4 cm³/mol. The Bertz CT molecular complexity index is 454. The van der Waals surface area contributed by atoms with Crippen LogP contribution in [0.5, 0.6) is 0 Å². The summed E-state index contributed by atoms with van der Waals surface area (Å²) in [6.45, 7) is 14.6. The molecular weight excluding hydrogens is 248 g/mol. The summed E-state index contributed by atoms with van der Waals surface area (Å²) in [5, 5.41) is 3.65. The number of nitrogens with zero attached hydrogens (tertiary/aromatic N) is 1. The highest BCUT2D eigenvalue weighted by atomic mass is 16.5. The van der Waals surface area contributed by atoms with E-state index in [4.69, 9.17) is 4.74 Å². The lowest BCUT2D eigenvalue weighted by atomic mass is 10.1. The second kappa shape index (κ2) is 6.15. The van der Waals surface area contributed by atoms with Gasteiger partial charge in [0.25, 0.3) is 0 Å². The lowest BCUT2D eigenvalue weighted by Gasteiger charge is -2.33. The van der Waals surface area contributed by atoms with Crippen molar-refractivity contribution in [1.82, 2.24) is 5.32 Å². The van der Waals surface area contributed by atoms with Gasteiger partial charge in [-0.1, -0.05) is 18.2 Å². The highest BCUT2D eigenvalue weighted by molar-refractivity contribution is 5.60. The molecule has 0 bridgehead atoms. The molecule has 20 heavy (non-hydrogen) atoms. The van der Waals surface area contributed by atoms with Gasteiger partial charge in [-0.25, -0.2) is 0 Å². The molecule has 112 valence electrons. The van der Waals surface area contributed by atoms with E-state index in [1.54, 1.807) is 0 Å². The Balaban J connectivity index is 2.22. The van der Waals surface area contributed by atoms with Crippen molar-refractivity contribution >= 4 is 5.69 Å². The molecule has 0 saturated carbocycles. The van der Waals surface area contributed by atoms with Crippen LogP contribution in [0.25, 0.3) is 0 Å². The summed E-state index contributed by atoms with van der Waals surface area (Å²) in [7, 11) is 0. The summed E-state index contributed by atoms with van der Waals surface area (Å²) < 4.78 is 5.75. The van der Waals surface area contributed by atoms with Crippen molar-refractivity contribution in [2.24, 2.45) is 0 Å². The number of rotatable bonds is 4. The van der Waals surface area contributed by atoms with Crippen molar-refractivity contribution < 1.29 is 4.74 Å². The molecule has 0 atom stereocenters. The maximum absolute atomic E-state index is 5.75. The van der Waals surface area contributed by atoms with Gasteiger partial charge in [-0.15, -0.1) is 0 Å². The van der Waals surface area contributed by atoms with Gasteiger partial charge in [0.1, 0.15) is 0 Å². The van der Waals surface area contributed by atoms with Crippen LogP contribution in [0.3, 0.4) is 0 Å². The number of benzene rings is 1. The highest BCUT2D eigenvalue weighted by Gasteiger charge is 2.27. The van der Waals surface area contributed by atoms with Gasteiger partial charge < -0.3 is 15.0 Å². The average molecular weight is 276 g/mol. The van der Waals surface area contributed by atoms with Crippen LogP contribution in [0.1, 0.15) is 38.8 Å². The number of ether oxygens (including phenoxy) is 1. The van der Waals surface area contributed by atoms with Crippen molar-refractivity contribution in [3.05, 3.63) is 29.3 Å². The monoisotopic (exact) mass is 276 g/mol. The maximum Gasteiger partial charge on any atom is 0.0645 e. The minimum Gasteiger partial charge on any atom is -0.377 e. The van der Waals surface area contributed by atoms with E-state index in [0.29, 0.717) is 6.10 Å². The van der Waals surface area contributed by atoms with Crippen molar-refractivity contribution in [2.75, 3.05) is 24.6 Å². The molecule has 0 aliphatic carbocycles. The smallest absolute Gasteiger partial charge is 0.0645 e. The van der Waals surface area contributed by atoms with E-state index >= 15 is 0 Å². The summed E-state index contributed by atoms with van der Waals surface area (Å²) in [5.41, 5.74) is 4.24. The molecule has 1 aromatic rings. The summed E-state index contributed by atoms with van der Waals surface area (Å²) in [4.78, 5) is 2.48. The van der Waals surface area contributed by atoms with Gasteiger partial charge in [-0.3, -0.25) is 0 Å².